The summed E-state index contributed by atoms with van der Waals surface area (Å²) in [6.45, 7) is 3.44. The van der Waals surface area contributed by atoms with Crippen LogP contribution in [-0.2, 0) is 0 Å². The predicted molar refractivity (Wildman–Crippen MR) is 25.9 cm³/mol. The van der Waals surface area contributed by atoms with E-state index in [4.69, 9.17) is 5.11 Å². The van der Waals surface area contributed by atoms with Crippen LogP contribution >= 0.6 is 0 Å². The maximum atomic E-state index is 8.06. The van der Waals surface area contributed by atoms with Crippen molar-refractivity contribution in [2.45, 2.75) is 20.0 Å². The van der Waals surface area contributed by atoms with Gasteiger partial charge in [0, 0.05) is 6.10 Å². The molecule has 0 aliphatic rings. The zero-order valence-corrected chi connectivity index (χ0v) is 3.02. The number of hydrogen-bond acceptors (Lipinski definition) is 1. The zero-order chi connectivity index (χ0) is 3.58. The predicted octanol–water partition coefficient (Wildman–Crippen LogP) is -0.529. The molecule has 0 unspecified atom stereocenters. The van der Waals surface area contributed by atoms with Gasteiger partial charge in [0.1, 0.15) is 0 Å². The second-order valence-electron chi connectivity index (χ2n) is 1.09. The summed E-state index contributed by atoms with van der Waals surface area (Å²) in [6.07, 6.45) is -0.167. The van der Waals surface area contributed by atoms with Crippen LogP contribution in [0.2, 0.25) is 0 Å². The van der Waals surface area contributed by atoms with Gasteiger partial charge < -0.3 is 5.11 Å². The molecule has 0 amide bonds. The fourth-order valence-corrected chi connectivity index (χ4v) is 0. The van der Waals surface area contributed by atoms with Crippen LogP contribution in [0, 0.1) is 0 Å². The van der Waals surface area contributed by atoms with Gasteiger partial charge in [-0.25, -0.2) is 0 Å². The Morgan fingerprint density at radius 3 is 1.40 bits per heavy atom. The third-order valence-electron chi connectivity index (χ3n) is 0. The first-order chi connectivity index (χ1) is 1.73. The Labute approximate surface area is 69.7 Å². The van der Waals surface area contributed by atoms with Crippen LogP contribution in [0.3, 0.4) is 0 Å². The van der Waals surface area contributed by atoms with E-state index >= 15 is 0 Å². The third kappa shape index (κ3) is 31.0. The van der Waals surface area contributed by atoms with Gasteiger partial charge in [-0.15, -0.1) is 0 Å². The van der Waals surface area contributed by atoms with Crippen molar-refractivity contribution in [1.82, 2.24) is 0 Å². The normalized spacial score (nSPS) is 7.20. The third-order valence-corrected chi connectivity index (χ3v) is 0. The molecule has 0 atom stereocenters. The Bertz CT molecular complexity index is 11.6. The molecule has 0 fully saturated rings. The van der Waals surface area contributed by atoms with Crippen LogP contribution in [0.4, 0.5) is 0 Å². The molecular weight excluding hydrogens is 140 g/mol. The van der Waals surface area contributed by atoms with Gasteiger partial charge in [-0.1, -0.05) is 0 Å². The Hall–Kier alpha value is 1.44. The number of aliphatic hydroxyl groups is 1. The molecule has 30 valence electrons. The summed E-state index contributed by atoms with van der Waals surface area (Å²) in [5.41, 5.74) is 0. The van der Waals surface area contributed by atoms with E-state index in [1.54, 1.807) is 13.8 Å². The summed E-state index contributed by atoms with van der Waals surface area (Å²) in [7, 11) is 0. The van der Waals surface area contributed by atoms with E-state index in [1.807, 2.05) is 0 Å². The summed E-state index contributed by atoms with van der Waals surface area (Å²) in [5.74, 6) is 0. The van der Waals surface area contributed by atoms with Crippen molar-refractivity contribution in [3.8, 4) is 0 Å². The Kier molecular flexibility index (Phi) is 10.5. The maximum absolute atomic E-state index is 8.06. The molecule has 0 radical (unpaired) electrons. The molecule has 0 aliphatic carbocycles. The minimum atomic E-state index is -0.167. The van der Waals surface area contributed by atoms with Gasteiger partial charge in [-0.3, -0.25) is 0 Å². The summed E-state index contributed by atoms with van der Waals surface area (Å²) >= 11 is 0. The number of hydrogen-bond donors (Lipinski definition) is 1. The molecular formula is C3H10OSr. The molecule has 0 saturated heterocycles. The summed E-state index contributed by atoms with van der Waals surface area (Å²) in [5, 5.41) is 8.06. The van der Waals surface area contributed by atoms with Crippen molar-refractivity contribution in [3.05, 3.63) is 0 Å². The van der Waals surface area contributed by atoms with Gasteiger partial charge in [0.25, 0.3) is 0 Å². The molecule has 2 heteroatoms. The van der Waals surface area contributed by atoms with E-state index in [9.17, 15) is 0 Å². The summed E-state index contributed by atoms with van der Waals surface area (Å²) < 4.78 is 0. The first-order valence-corrected chi connectivity index (χ1v) is 1.41. The zero-order valence-electron chi connectivity index (χ0n) is 3.02. The monoisotopic (exact) mass is 150 g/mol. The van der Waals surface area contributed by atoms with Crippen molar-refractivity contribution in [3.63, 3.8) is 0 Å². The summed E-state index contributed by atoms with van der Waals surface area (Å²) in [6, 6.07) is 0. The topological polar surface area (TPSA) is 20.2 Å². The first kappa shape index (κ1) is 9.67. The second kappa shape index (κ2) is 5.44. The van der Waals surface area contributed by atoms with E-state index in [-0.39, 0.29) is 51.6 Å². The molecule has 0 spiro atoms. The molecule has 0 aromatic heterocycles. The minimum absolute atomic E-state index is 0. The van der Waals surface area contributed by atoms with Crippen LogP contribution in [0.5, 0.6) is 0 Å². The molecule has 0 bridgehead atoms. The van der Waals surface area contributed by atoms with E-state index in [0.717, 1.165) is 0 Å². The van der Waals surface area contributed by atoms with Gasteiger partial charge in [0.15, 0.2) is 0 Å². The SMILES string of the molecule is CC(C)O.[SrH2]. The van der Waals surface area contributed by atoms with Crippen LogP contribution < -0.4 is 0 Å². The molecule has 0 heterocycles. The molecule has 1 N–H and O–H groups in total. The average Bonchev–Trinajstić information content (AvgIpc) is 0.811. The fourth-order valence-electron chi connectivity index (χ4n) is 0. The molecule has 0 rings (SSSR count). The van der Waals surface area contributed by atoms with Crippen molar-refractivity contribution in [2.75, 3.05) is 0 Å². The van der Waals surface area contributed by atoms with E-state index < -0.39 is 0 Å². The molecule has 0 aromatic rings. The standard InChI is InChI=1S/C3H8O.Sr.2H/c1-3(2)4;;;/h3-4H,1-2H3;;;. The molecule has 5 heavy (non-hydrogen) atoms. The van der Waals surface area contributed by atoms with Crippen LogP contribution in [0.1, 0.15) is 13.8 Å². The van der Waals surface area contributed by atoms with Crippen molar-refractivity contribution in [1.29, 1.82) is 0 Å². The Morgan fingerprint density at radius 1 is 1.40 bits per heavy atom. The molecule has 0 aliphatic heterocycles. The second-order valence-corrected chi connectivity index (χ2v) is 1.09. The van der Waals surface area contributed by atoms with Gasteiger partial charge in [0.2, 0.25) is 0 Å². The quantitative estimate of drug-likeness (QED) is 0.460. The first-order valence-electron chi connectivity index (χ1n) is 1.41. The van der Waals surface area contributed by atoms with Crippen molar-refractivity contribution >= 4 is 45.5 Å². The van der Waals surface area contributed by atoms with E-state index in [1.165, 1.54) is 0 Å². The van der Waals surface area contributed by atoms with Gasteiger partial charge >= 0.3 is 45.5 Å². The van der Waals surface area contributed by atoms with E-state index in [2.05, 4.69) is 0 Å². The Balaban J connectivity index is 0. The van der Waals surface area contributed by atoms with Crippen molar-refractivity contribution < 1.29 is 5.11 Å². The molecule has 0 aromatic carbocycles. The van der Waals surface area contributed by atoms with Crippen LogP contribution in [0.25, 0.3) is 0 Å². The van der Waals surface area contributed by atoms with Gasteiger partial charge in [-0.2, -0.15) is 0 Å². The Morgan fingerprint density at radius 2 is 1.40 bits per heavy atom. The average molecular weight is 150 g/mol. The van der Waals surface area contributed by atoms with Gasteiger partial charge in [0.05, 0.1) is 0 Å². The van der Waals surface area contributed by atoms with Crippen molar-refractivity contribution in [2.24, 2.45) is 0 Å². The molecule has 1 nitrogen and oxygen atoms in total. The fraction of sp³-hybridized carbons (Fsp3) is 1.00. The van der Waals surface area contributed by atoms with Gasteiger partial charge in [-0.05, 0) is 13.8 Å². The van der Waals surface area contributed by atoms with Crippen LogP contribution in [0.15, 0.2) is 0 Å². The van der Waals surface area contributed by atoms with E-state index in [0.29, 0.717) is 0 Å². The number of rotatable bonds is 0. The summed E-state index contributed by atoms with van der Waals surface area (Å²) in [4.78, 5) is 0. The van der Waals surface area contributed by atoms with Crippen LogP contribution in [-0.4, -0.2) is 56.7 Å². The number of aliphatic hydroxyl groups excluding tert-OH is 1. The molecule has 0 saturated carbocycles.